The lowest BCUT2D eigenvalue weighted by Gasteiger charge is -2.15. The molecule has 1 aliphatic heterocycles. The van der Waals surface area contributed by atoms with Gasteiger partial charge in [0.2, 0.25) is 0 Å². The summed E-state index contributed by atoms with van der Waals surface area (Å²) in [6.45, 7) is 11.8. The van der Waals surface area contributed by atoms with Gasteiger partial charge in [-0.2, -0.15) is 0 Å². The fourth-order valence-corrected chi connectivity index (χ4v) is 3.29. The number of rotatable bonds is 8. The number of nitrogens with zero attached hydrogens (tertiary/aromatic N) is 1. The van der Waals surface area contributed by atoms with Crippen LogP contribution in [0.3, 0.4) is 0 Å². The standard InChI is InChI=1S/C16H29NOS/c1-5-8-16(9-7-12-18-14(3)4)19-17-11-10-15(6-2)13-17/h7-9,14-15H,5-6,10-13H2,1-4H3/b9-7-,16-8+. The first-order valence-electron chi connectivity index (χ1n) is 7.56. The summed E-state index contributed by atoms with van der Waals surface area (Å²) in [6.07, 6.45) is 10.7. The van der Waals surface area contributed by atoms with Crippen LogP contribution in [0, 0.1) is 5.92 Å². The van der Waals surface area contributed by atoms with Crippen molar-refractivity contribution in [1.29, 1.82) is 0 Å². The minimum Gasteiger partial charge on any atom is -0.375 e. The van der Waals surface area contributed by atoms with E-state index in [1.165, 1.54) is 30.8 Å². The van der Waals surface area contributed by atoms with Crippen LogP contribution in [-0.4, -0.2) is 30.1 Å². The van der Waals surface area contributed by atoms with Gasteiger partial charge in [-0.15, -0.1) is 0 Å². The molecule has 1 heterocycles. The minimum absolute atomic E-state index is 0.305. The van der Waals surface area contributed by atoms with Crippen LogP contribution in [-0.2, 0) is 4.74 Å². The Morgan fingerprint density at radius 2 is 2.21 bits per heavy atom. The molecule has 1 fully saturated rings. The zero-order valence-corrected chi connectivity index (χ0v) is 13.7. The fraction of sp³-hybridized carbons (Fsp3) is 0.750. The van der Waals surface area contributed by atoms with Crippen molar-refractivity contribution >= 4 is 11.9 Å². The highest BCUT2D eigenvalue weighted by atomic mass is 32.2. The van der Waals surface area contributed by atoms with Crippen molar-refractivity contribution in [3.63, 3.8) is 0 Å². The van der Waals surface area contributed by atoms with Gasteiger partial charge in [-0.25, -0.2) is 4.31 Å². The van der Waals surface area contributed by atoms with Crippen LogP contribution >= 0.6 is 11.9 Å². The molecule has 0 aromatic rings. The van der Waals surface area contributed by atoms with Crippen molar-refractivity contribution in [2.24, 2.45) is 5.92 Å². The molecule has 0 aliphatic carbocycles. The molecule has 2 nitrogen and oxygen atoms in total. The SMILES string of the molecule is CC/C=C(\C=C/COC(C)C)SN1CCC(CC)C1. The lowest BCUT2D eigenvalue weighted by molar-refractivity contribution is 0.102. The van der Waals surface area contributed by atoms with E-state index in [-0.39, 0.29) is 0 Å². The van der Waals surface area contributed by atoms with Gasteiger partial charge in [-0.3, -0.25) is 0 Å². The highest BCUT2D eigenvalue weighted by Crippen LogP contribution is 2.30. The Bertz CT molecular complexity index is 299. The molecule has 0 spiro atoms. The summed E-state index contributed by atoms with van der Waals surface area (Å²) in [6, 6.07) is 0. The topological polar surface area (TPSA) is 12.5 Å². The maximum atomic E-state index is 5.54. The van der Waals surface area contributed by atoms with Crippen molar-refractivity contribution in [2.75, 3.05) is 19.7 Å². The zero-order valence-electron chi connectivity index (χ0n) is 12.9. The van der Waals surface area contributed by atoms with Crippen molar-refractivity contribution in [3.8, 4) is 0 Å². The highest BCUT2D eigenvalue weighted by Gasteiger charge is 2.21. The van der Waals surface area contributed by atoms with Gasteiger partial charge >= 0.3 is 0 Å². The van der Waals surface area contributed by atoms with Crippen molar-refractivity contribution in [2.45, 2.75) is 53.1 Å². The molecule has 1 atom stereocenters. The second-order valence-corrected chi connectivity index (χ2v) is 6.51. The van der Waals surface area contributed by atoms with Crippen molar-refractivity contribution in [3.05, 3.63) is 23.1 Å². The molecule has 1 saturated heterocycles. The van der Waals surface area contributed by atoms with Crippen molar-refractivity contribution in [1.82, 2.24) is 4.31 Å². The lowest BCUT2D eigenvalue weighted by atomic mass is 10.1. The van der Waals surface area contributed by atoms with Gasteiger partial charge in [0.25, 0.3) is 0 Å². The van der Waals surface area contributed by atoms with E-state index in [9.17, 15) is 0 Å². The molecular formula is C16H29NOS. The molecule has 110 valence electrons. The average molecular weight is 283 g/mol. The van der Waals surface area contributed by atoms with E-state index < -0.39 is 0 Å². The Morgan fingerprint density at radius 3 is 2.79 bits per heavy atom. The quantitative estimate of drug-likeness (QED) is 0.475. The molecule has 3 heteroatoms. The molecule has 0 aromatic heterocycles. The molecule has 0 amide bonds. The first-order chi connectivity index (χ1) is 9.15. The maximum absolute atomic E-state index is 5.54. The predicted molar refractivity (Wildman–Crippen MR) is 86.2 cm³/mol. The Balaban J connectivity index is 2.39. The smallest absolute Gasteiger partial charge is 0.0654 e. The zero-order chi connectivity index (χ0) is 14.1. The van der Waals surface area contributed by atoms with Gasteiger partial charge in [0.1, 0.15) is 0 Å². The van der Waals surface area contributed by atoms with Crippen LogP contribution in [0.4, 0.5) is 0 Å². The van der Waals surface area contributed by atoms with E-state index in [0.29, 0.717) is 12.7 Å². The summed E-state index contributed by atoms with van der Waals surface area (Å²) in [5, 5.41) is 0. The average Bonchev–Trinajstić information content (AvgIpc) is 2.82. The lowest BCUT2D eigenvalue weighted by Crippen LogP contribution is -2.11. The van der Waals surface area contributed by atoms with Crippen LogP contribution in [0.5, 0.6) is 0 Å². The second-order valence-electron chi connectivity index (χ2n) is 5.34. The molecule has 19 heavy (non-hydrogen) atoms. The third kappa shape index (κ3) is 7.19. The van der Waals surface area contributed by atoms with Gasteiger partial charge in [-0.05, 0) is 50.6 Å². The van der Waals surface area contributed by atoms with Gasteiger partial charge in [0.05, 0.1) is 12.7 Å². The summed E-state index contributed by atoms with van der Waals surface area (Å²) < 4.78 is 8.04. The molecule has 1 rings (SSSR count). The summed E-state index contributed by atoms with van der Waals surface area (Å²) in [5.41, 5.74) is 0. The predicted octanol–water partition coefficient (Wildman–Crippen LogP) is 4.64. The van der Waals surface area contributed by atoms with Gasteiger partial charge < -0.3 is 4.74 Å². The molecule has 0 bridgehead atoms. The van der Waals surface area contributed by atoms with E-state index >= 15 is 0 Å². The van der Waals surface area contributed by atoms with Gasteiger partial charge in [0.15, 0.2) is 0 Å². The summed E-state index contributed by atoms with van der Waals surface area (Å²) in [5.74, 6) is 0.892. The normalized spacial score (nSPS) is 21.9. The molecule has 1 aliphatic rings. The monoisotopic (exact) mass is 283 g/mol. The number of ether oxygens (including phenoxy) is 1. The molecule has 0 radical (unpaired) electrons. The van der Waals surface area contributed by atoms with E-state index in [1.54, 1.807) is 0 Å². The largest absolute Gasteiger partial charge is 0.375 e. The van der Waals surface area contributed by atoms with Crippen LogP contribution in [0.15, 0.2) is 23.1 Å². The Labute approximate surface area is 123 Å². The third-order valence-corrected chi connectivity index (χ3v) is 4.38. The first kappa shape index (κ1) is 16.8. The number of hydrogen-bond donors (Lipinski definition) is 0. The molecule has 1 unspecified atom stereocenters. The summed E-state index contributed by atoms with van der Waals surface area (Å²) in [4.78, 5) is 1.35. The second kappa shape index (κ2) is 9.62. The molecule has 0 aromatic carbocycles. The highest BCUT2D eigenvalue weighted by molar-refractivity contribution is 8.01. The number of allylic oxidation sites excluding steroid dienone is 2. The summed E-state index contributed by atoms with van der Waals surface area (Å²) >= 11 is 1.91. The van der Waals surface area contributed by atoms with E-state index in [2.05, 4.69) is 50.2 Å². The number of hydrogen-bond acceptors (Lipinski definition) is 3. The molecule has 0 saturated carbocycles. The Kier molecular flexibility index (Phi) is 8.51. The minimum atomic E-state index is 0.305. The van der Waals surface area contributed by atoms with Gasteiger partial charge in [0, 0.05) is 18.0 Å². The van der Waals surface area contributed by atoms with E-state index in [0.717, 1.165) is 12.3 Å². The maximum Gasteiger partial charge on any atom is 0.0654 e. The Hall–Kier alpha value is -0.250. The van der Waals surface area contributed by atoms with Gasteiger partial charge in [-0.1, -0.05) is 32.4 Å². The Morgan fingerprint density at radius 1 is 1.42 bits per heavy atom. The summed E-state index contributed by atoms with van der Waals surface area (Å²) in [7, 11) is 0. The third-order valence-electron chi connectivity index (χ3n) is 3.27. The first-order valence-corrected chi connectivity index (χ1v) is 8.34. The van der Waals surface area contributed by atoms with E-state index in [1.807, 2.05) is 11.9 Å². The van der Waals surface area contributed by atoms with Crippen LogP contribution in [0.2, 0.25) is 0 Å². The van der Waals surface area contributed by atoms with Crippen molar-refractivity contribution < 1.29 is 4.74 Å². The van der Waals surface area contributed by atoms with E-state index in [4.69, 9.17) is 4.74 Å². The van der Waals surface area contributed by atoms with Crippen LogP contribution in [0.25, 0.3) is 0 Å². The van der Waals surface area contributed by atoms with Crippen LogP contribution in [0.1, 0.15) is 47.0 Å². The molecular weight excluding hydrogens is 254 g/mol. The van der Waals surface area contributed by atoms with Crippen LogP contribution < -0.4 is 0 Å². The molecule has 0 N–H and O–H groups in total. The fourth-order valence-electron chi connectivity index (χ4n) is 2.11.